The van der Waals surface area contributed by atoms with Crippen LogP contribution in [-0.4, -0.2) is 0 Å². The normalized spacial score (nSPS) is 18.3. The summed E-state index contributed by atoms with van der Waals surface area (Å²) in [7, 11) is 1.97. The van der Waals surface area contributed by atoms with Gasteiger partial charge in [0.25, 0.3) is 0 Å². The molecule has 0 saturated carbocycles. The van der Waals surface area contributed by atoms with Crippen molar-refractivity contribution in [2.24, 2.45) is 12.9 Å². The van der Waals surface area contributed by atoms with Gasteiger partial charge in [-0.25, -0.2) is 4.57 Å². The molecule has 1 heteroatoms. The second-order valence-electron chi connectivity index (χ2n) is 6.06. The molecule has 3 aromatic rings. The molecule has 0 N–H and O–H groups in total. The zero-order chi connectivity index (χ0) is 22.3. The Morgan fingerprint density at radius 1 is 1.08 bits per heavy atom. The van der Waals surface area contributed by atoms with Gasteiger partial charge in [0.15, 0.2) is 6.20 Å². The van der Waals surface area contributed by atoms with Gasteiger partial charge in [0.1, 0.15) is 7.05 Å². The van der Waals surface area contributed by atoms with Crippen LogP contribution in [0.4, 0.5) is 0 Å². The summed E-state index contributed by atoms with van der Waals surface area (Å²) in [4.78, 5) is 0. The van der Waals surface area contributed by atoms with Crippen LogP contribution in [-0.2, 0) is 13.4 Å². The Labute approximate surface area is 154 Å². The van der Waals surface area contributed by atoms with Crippen molar-refractivity contribution in [1.82, 2.24) is 0 Å². The molecule has 3 rings (SSSR count). The summed E-state index contributed by atoms with van der Waals surface area (Å²) in [5.74, 6) is -2.28. The van der Waals surface area contributed by atoms with E-state index in [0.717, 1.165) is 34.9 Å². The van der Waals surface area contributed by atoms with Crippen LogP contribution in [0.15, 0.2) is 66.9 Å². The SMILES string of the molecule is [2H]C([2H])([2H])C([2H])(C)C([2H])([2H])c1cccc(-c2cc[n+](C)c(-c3ccccc3C)c2)c1. The van der Waals surface area contributed by atoms with Crippen molar-refractivity contribution in [2.45, 2.75) is 27.1 Å². The van der Waals surface area contributed by atoms with Crippen molar-refractivity contribution in [3.63, 3.8) is 0 Å². The molecule has 0 aliphatic carbocycles. The number of hydrogen-bond donors (Lipinski definition) is 0. The predicted octanol–water partition coefficient (Wildman–Crippen LogP) is 5.35. The van der Waals surface area contributed by atoms with Crippen LogP contribution in [0.3, 0.4) is 0 Å². The van der Waals surface area contributed by atoms with E-state index in [1.165, 1.54) is 0 Å². The first-order valence-electron chi connectivity index (χ1n) is 11.0. The summed E-state index contributed by atoms with van der Waals surface area (Å²) in [6, 6.07) is 18.9. The van der Waals surface area contributed by atoms with E-state index in [4.69, 9.17) is 8.22 Å². The number of aromatic nitrogens is 1. The molecule has 1 nitrogen and oxygen atoms in total. The van der Waals surface area contributed by atoms with Gasteiger partial charge in [0.05, 0.1) is 0 Å². The Morgan fingerprint density at radius 3 is 2.67 bits per heavy atom. The maximum Gasteiger partial charge on any atom is 0.213 e. The van der Waals surface area contributed by atoms with Crippen molar-refractivity contribution in [3.05, 3.63) is 78.0 Å². The predicted molar refractivity (Wildman–Crippen MR) is 102 cm³/mol. The van der Waals surface area contributed by atoms with E-state index in [2.05, 4.69) is 19.1 Å². The lowest BCUT2D eigenvalue weighted by Gasteiger charge is -2.09. The number of benzene rings is 2. The first-order valence-corrected chi connectivity index (χ1v) is 8.03. The minimum Gasteiger partial charge on any atom is -0.201 e. The lowest BCUT2D eigenvalue weighted by molar-refractivity contribution is -0.660. The molecule has 0 amide bonds. The van der Waals surface area contributed by atoms with Gasteiger partial charge >= 0.3 is 0 Å². The Balaban J connectivity index is 2.10. The van der Waals surface area contributed by atoms with Gasteiger partial charge in [-0.2, -0.15) is 0 Å². The molecule has 0 aliphatic heterocycles. The van der Waals surface area contributed by atoms with Gasteiger partial charge in [0, 0.05) is 25.9 Å². The lowest BCUT2D eigenvalue weighted by atomic mass is 9.97. The van der Waals surface area contributed by atoms with Gasteiger partial charge in [-0.05, 0) is 47.5 Å². The van der Waals surface area contributed by atoms with Crippen molar-refractivity contribution >= 4 is 0 Å². The van der Waals surface area contributed by atoms with E-state index < -0.39 is 19.1 Å². The average Bonchev–Trinajstić information content (AvgIpc) is 2.68. The second kappa shape index (κ2) is 7.00. The average molecular weight is 323 g/mol. The van der Waals surface area contributed by atoms with Crippen LogP contribution in [0.5, 0.6) is 0 Å². The maximum absolute atomic E-state index is 8.44. The van der Waals surface area contributed by atoms with Gasteiger partial charge in [-0.1, -0.05) is 56.2 Å². The highest BCUT2D eigenvalue weighted by atomic mass is 14.9. The first-order chi connectivity index (χ1) is 13.9. The first kappa shape index (κ1) is 10.5. The molecule has 0 fully saturated rings. The number of pyridine rings is 1. The summed E-state index contributed by atoms with van der Waals surface area (Å²) in [6.45, 7) is 0.428. The number of nitrogens with zero attached hydrogens (tertiary/aromatic N) is 1. The third-order valence-electron chi connectivity index (χ3n) is 4.10. The van der Waals surface area contributed by atoms with Crippen LogP contribution < -0.4 is 4.57 Å². The Morgan fingerprint density at radius 2 is 1.88 bits per heavy atom. The molecular formula is C23H26N+. The molecule has 0 spiro atoms. The molecule has 0 bridgehead atoms. The van der Waals surface area contributed by atoms with Crippen molar-refractivity contribution in [2.75, 3.05) is 0 Å². The minimum absolute atomic E-state index is 0.180. The van der Waals surface area contributed by atoms with Gasteiger partial charge in [-0.15, -0.1) is 0 Å². The summed E-state index contributed by atoms with van der Waals surface area (Å²) in [5.41, 5.74) is 5.12. The highest BCUT2D eigenvalue weighted by molar-refractivity contribution is 5.70. The van der Waals surface area contributed by atoms with Crippen LogP contribution in [0.1, 0.15) is 33.1 Å². The fourth-order valence-corrected chi connectivity index (χ4v) is 2.87. The molecule has 122 valence electrons. The monoisotopic (exact) mass is 322 g/mol. The molecular weight excluding hydrogens is 290 g/mol. The molecule has 24 heavy (non-hydrogen) atoms. The number of rotatable bonds is 4. The largest absolute Gasteiger partial charge is 0.213 e. The molecule has 1 aromatic heterocycles. The Kier molecular flexibility index (Phi) is 3.05. The summed E-state index contributed by atoms with van der Waals surface area (Å²) < 4.78 is 50.0. The van der Waals surface area contributed by atoms with Gasteiger partial charge in [-0.3, -0.25) is 0 Å². The van der Waals surface area contributed by atoms with E-state index in [9.17, 15) is 0 Å². The van der Waals surface area contributed by atoms with Crippen LogP contribution >= 0.6 is 0 Å². The fourth-order valence-electron chi connectivity index (χ4n) is 2.87. The van der Waals surface area contributed by atoms with Crippen LogP contribution in [0.2, 0.25) is 0 Å². The molecule has 0 radical (unpaired) electrons. The zero-order valence-corrected chi connectivity index (χ0v) is 14.3. The Bertz CT molecular complexity index is 1070. The standard InChI is InChI=1S/C23H26N/c1-17(2)14-19-9-7-10-20(15-19)21-12-13-24(4)23(16-21)22-11-6-5-8-18(22)3/h5-13,15-17H,14H2,1-4H3/q+1/i1D3,14D2,17D. The molecule has 1 unspecified atom stereocenters. The quantitative estimate of drug-likeness (QED) is 0.570. The molecule has 0 aliphatic rings. The van der Waals surface area contributed by atoms with Crippen LogP contribution in [0.25, 0.3) is 22.4 Å². The molecule has 2 aromatic carbocycles. The third-order valence-corrected chi connectivity index (χ3v) is 4.10. The highest BCUT2D eigenvalue weighted by Gasteiger charge is 2.13. The molecule has 0 saturated heterocycles. The van der Waals surface area contributed by atoms with Gasteiger partial charge in [0.2, 0.25) is 5.69 Å². The van der Waals surface area contributed by atoms with Crippen molar-refractivity contribution < 1.29 is 12.8 Å². The summed E-state index contributed by atoms with van der Waals surface area (Å²) in [6.07, 6.45) is -0.401. The molecule has 1 atom stereocenters. The summed E-state index contributed by atoms with van der Waals surface area (Å²) >= 11 is 0. The zero-order valence-electron chi connectivity index (χ0n) is 20.3. The smallest absolute Gasteiger partial charge is 0.201 e. The third kappa shape index (κ3) is 3.56. The fraction of sp³-hybridized carbons (Fsp3) is 0.261. The van der Waals surface area contributed by atoms with Crippen molar-refractivity contribution in [3.8, 4) is 22.4 Å². The maximum atomic E-state index is 8.44. The lowest BCUT2D eigenvalue weighted by Crippen LogP contribution is -2.30. The van der Waals surface area contributed by atoms with E-state index in [-0.39, 0.29) is 5.56 Å². The Hall–Kier alpha value is -2.41. The number of hydrogen-bond acceptors (Lipinski definition) is 0. The minimum atomic E-state index is -2.76. The van der Waals surface area contributed by atoms with Crippen molar-refractivity contribution in [1.29, 1.82) is 0 Å². The van der Waals surface area contributed by atoms with E-state index in [1.807, 2.05) is 48.1 Å². The molecule has 1 heterocycles. The topological polar surface area (TPSA) is 3.88 Å². The highest BCUT2D eigenvalue weighted by Crippen LogP contribution is 2.26. The second-order valence-corrected chi connectivity index (χ2v) is 6.06. The van der Waals surface area contributed by atoms with Gasteiger partial charge < -0.3 is 0 Å². The van der Waals surface area contributed by atoms with E-state index in [0.29, 0.717) is 0 Å². The van der Waals surface area contributed by atoms with Crippen LogP contribution in [0, 0.1) is 12.8 Å². The van der Waals surface area contributed by atoms with E-state index >= 15 is 0 Å². The van der Waals surface area contributed by atoms with E-state index in [1.54, 1.807) is 18.2 Å². The summed E-state index contributed by atoms with van der Waals surface area (Å²) in [5, 5.41) is 0. The number of aryl methyl sites for hydroxylation is 2.